The van der Waals surface area contributed by atoms with Crippen LogP contribution in [0, 0.1) is 0 Å². The topological polar surface area (TPSA) is 46.6 Å². The normalized spacial score (nSPS) is 9.95. The van der Waals surface area contributed by atoms with Crippen LogP contribution in [0.15, 0.2) is 39.8 Å². The van der Waals surface area contributed by atoms with E-state index in [1.807, 2.05) is 0 Å². The van der Waals surface area contributed by atoms with E-state index in [0.717, 1.165) is 4.47 Å². The molecular weight excluding hydrogens is 390 g/mol. The second-order valence-electron chi connectivity index (χ2n) is 3.90. The lowest BCUT2D eigenvalue weighted by Crippen LogP contribution is -2.36. The van der Waals surface area contributed by atoms with Gasteiger partial charge in [-0.3, -0.25) is 9.59 Å². The maximum atomic E-state index is 12.4. The molecule has 0 aromatic heterocycles. The Morgan fingerprint density at radius 3 is 2.65 bits per heavy atom. The average Bonchev–Trinajstić information content (AvgIpc) is 2.38. The maximum Gasteiger partial charge on any atom is 0.325 e. The summed E-state index contributed by atoms with van der Waals surface area (Å²) in [7, 11) is 0. The molecule has 0 spiro atoms. The van der Waals surface area contributed by atoms with Gasteiger partial charge in [-0.25, -0.2) is 0 Å². The molecule has 1 aromatic carbocycles. The summed E-state index contributed by atoms with van der Waals surface area (Å²) in [4.78, 5) is 25.4. The molecule has 0 bridgehead atoms. The zero-order chi connectivity index (χ0) is 15.1. The number of amides is 1. The van der Waals surface area contributed by atoms with Crippen LogP contribution in [-0.2, 0) is 9.53 Å². The summed E-state index contributed by atoms with van der Waals surface area (Å²) in [6, 6.07) is 5.25. The highest BCUT2D eigenvalue weighted by Crippen LogP contribution is 2.23. The van der Waals surface area contributed by atoms with Gasteiger partial charge in [-0.05, 0) is 41.1 Å². The smallest absolute Gasteiger partial charge is 0.325 e. The lowest BCUT2D eigenvalue weighted by Gasteiger charge is -2.20. The SMILES string of the molecule is C=CCN(CC(=O)OCC)C(=O)c1ccc(Br)cc1Br. The average molecular weight is 405 g/mol. The number of halogens is 2. The molecule has 0 saturated carbocycles. The van der Waals surface area contributed by atoms with Crippen LogP contribution in [0.5, 0.6) is 0 Å². The van der Waals surface area contributed by atoms with Gasteiger partial charge in [0.2, 0.25) is 0 Å². The third-order valence-corrected chi connectivity index (χ3v) is 3.57. The minimum Gasteiger partial charge on any atom is -0.465 e. The molecule has 1 rings (SSSR count). The third-order valence-electron chi connectivity index (χ3n) is 2.42. The third kappa shape index (κ3) is 4.76. The van der Waals surface area contributed by atoms with Gasteiger partial charge in [0.25, 0.3) is 5.91 Å². The minimum absolute atomic E-state index is 0.0960. The quantitative estimate of drug-likeness (QED) is 0.539. The van der Waals surface area contributed by atoms with Gasteiger partial charge in [0.15, 0.2) is 0 Å². The Morgan fingerprint density at radius 2 is 2.10 bits per heavy atom. The highest BCUT2D eigenvalue weighted by Gasteiger charge is 2.20. The van der Waals surface area contributed by atoms with Gasteiger partial charge in [0.1, 0.15) is 6.54 Å². The molecule has 0 aliphatic heterocycles. The van der Waals surface area contributed by atoms with Gasteiger partial charge in [-0.1, -0.05) is 22.0 Å². The fourth-order valence-electron chi connectivity index (χ4n) is 1.57. The Labute approximate surface area is 135 Å². The molecule has 0 unspecified atom stereocenters. The Bertz CT molecular complexity index is 517. The Balaban J connectivity index is 2.93. The van der Waals surface area contributed by atoms with Crippen molar-refractivity contribution in [2.45, 2.75) is 6.92 Å². The fourth-order valence-corrected chi connectivity index (χ4v) is 2.79. The van der Waals surface area contributed by atoms with Crippen molar-refractivity contribution in [2.75, 3.05) is 19.7 Å². The number of hydrogen-bond acceptors (Lipinski definition) is 3. The van der Waals surface area contributed by atoms with Gasteiger partial charge in [-0.2, -0.15) is 0 Å². The van der Waals surface area contributed by atoms with Gasteiger partial charge < -0.3 is 9.64 Å². The van der Waals surface area contributed by atoms with Crippen molar-refractivity contribution in [3.63, 3.8) is 0 Å². The minimum atomic E-state index is -0.434. The molecule has 0 aliphatic carbocycles. The number of carbonyl (C=O) groups excluding carboxylic acids is 2. The standard InChI is InChI=1S/C14H15Br2NO3/c1-3-7-17(9-13(18)20-4-2)14(19)11-6-5-10(15)8-12(11)16/h3,5-6,8H,1,4,7,9H2,2H3. The van der Waals surface area contributed by atoms with Crippen molar-refractivity contribution in [2.24, 2.45) is 0 Å². The predicted molar refractivity (Wildman–Crippen MR) is 84.6 cm³/mol. The second-order valence-corrected chi connectivity index (χ2v) is 5.67. The predicted octanol–water partition coefficient (Wildman–Crippen LogP) is 3.40. The first-order valence-electron chi connectivity index (χ1n) is 6.00. The van der Waals surface area contributed by atoms with Gasteiger partial charge in [-0.15, -0.1) is 6.58 Å². The first kappa shape index (κ1) is 16.9. The maximum absolute atomic E-state index is 12.4. The van der Waals surface area contributed by atoms with Crippen molar-refractivity contribution in [1.82, 2.24) is 4.90 Å². The molecule has 1 amide bonds. The summed E-state index contributed by atoms with van der Waals surface area (Å²) in [5.41, 5.74) is 0.486. The van der Waals surface area contributed by atoms with E-state index in [0.29, 0.717) is 10.0 Å². The summed E-state index contributed by atoms with van der Waals surface area (Å²) >= 11 is 6.67. The first-order chi connectivity index (χ1) is 9.49. The van der Waals surface area contributed by atoms with E-state index in [1.54, 1.807) is 31.2 Å². The number of rotatable bonds is 6. The lowest BCUT2D eigenvalue weighted by molar-refractivity contribution is -0.143. The second kappa shape index (κ2) is 8.21. The summed E-state index contributed by atoms with van der Waals surface area (Å²) in [5, 5.41) is 0. The number of carbonyl (C=O) groups is 2. The summed E-state index contributed by atoms with van der Waals surface area (Å²) < 4.78 is 6.39. The van der Waals surface area contributed by atoms with E-state index in [9.17, 15) is 9.59 Å². The van der Waals surface area contributed by atoms with E-state index in [2.05, 4.69) is 38.4 Å². The molecule has 0 heterocycles. The number of hydrogen-bond donors (Lipinski definition) is 0. The zero-order valence-electron chi connectivity index (χ0n) is 11.1. The van der Waals surface area contributed by atoms with Crippen molar-refractivity contribution >= 4 is 43.7 Å². The molecule has 4 nitrogen and oxygen atoms in total. The summed E-state index contributed by atoms with van der Waals surface area (Å²) in [6.45, 7) is 5.80. The number of benzene rings is 1. The van der Waals surface area contributed by atoms with Crippen LogP contribution in [0.3, 0.4) is 0 Å². The Kier molecular flexibility index (Phi) is 6.95. The van der Waals surface area contributed by atoms with Crippen molar-refractivity contribution < 1.29 is 14.3 Å². The molecule has 20 heavy (non-hydrogen) atoms. The van der Waals surface area contributed by atoms with Gasteiger partial charge in [0, 0.05) is 15.5 Å². The molecule has 0 N–H and O–H groups in total. The molecule has 108 valence electrons. The monoisotopic (exact) mass is 403 g/mol. The van der Waals surface area contributed by atoms with Gasteiger partial charge >= 0.3 is 5.97 Å². The molecule has 0 saturated heterocycles. The van der Waals surface area contributed by atoms with Crippen LogP contribution in [-0.4, -0.2) is 36.5 Å². The first-order valence-corrected chi connectivity index (χ1v) is 7.59. The number of ether oxygens (including phenoxy) is 1. The highest BCUT2D eigenvalue weighted by atomic mass is 79.9. The van der Waals surface area contributed by atoms with Crippen molar-refractivity contribution in [3.8, 4) is 0 Å². The molecular formula is C14H15Br2NO3. The van der Waals surface area contributed by atoms with E-state index in [4.69, 9.17) is 4.74 Å². The van der Waals surface area contributed by atoms with E-state index in [1.165, 1.54) is 4.90 Å². The largest absolute Gasteiger partial charge is 0.465 e. The van der Waals surface area contributed by atoms with Crippen LogP contribution in [0.25, 0.3) is 0 Å². The fraction of sp³-hybridized carbons (Fsp3) is 0.286. The molecule has 1 aromatic rings. The summed E-state index contributed by atoms with van der Waals surface area (Å²) in [5.74, 6) is -0.687. The van der Waals surface area contributed by atoms with Crippen LogP contribution in [0.1, 0.15) is 17.3 Å². The van der Waals surface area contributed by atoms with E-state index >= 15 is 0 Å². The Hall–Kier alpha value is -1.14. The zero-order valence-corrected chi connectivity index (χ0v) is 14.2. The molecule has 6 heteroatoms. The van der Waals surface area contributed by atoms with Crippen molar-refractivity contribution in [1.29, 1.82) is 0 Å². The molecule has 0 aliphatic rings. The van der Waals surface area contributed by atoms with Gasteiger partial charge in [0.05, 0.1) is 12.2 Å². The van der Waals surface area contributed by atoms with Crippen LogP contribution in [0.2, 0.25) is 0 Å². The summed E-state index contributed by atoms with van der Waals surface area (Å²) in [6.07, 6.45) is 1.57. The van der Waals surface area contributed by atoms with E-state index in [-0.39, 0.29) is 25.6 Å². The van der Waals surface area contributed by atoms with Crippen molar-refractivity contribution in [3.05, 3.63) is 45.4 Å². The molecule has 0 atom stereocenters. The van der Waals surface area contributed by atoms with Crippen LogP contribution >= 0.6 is 31.9 Å². The lowest BCUT2D eigenvalue weighted by atomic mass is 10.2. The molecule has 0 fully saturated rings. The number of nitrogens with zero attached hydrogens (tertiary/aromatic N) is 1. The number of esters is 1. The van der Waals surface area contributed by atoms with Crippen LogP contribution < -0.4 is 0 Å². The molecule has 0 radical (unpaired) electrons. The Morgan fingerprint density at radius 1 is 1.40 bits per heavy atom. The van der Waals surface area contributed by atoms with Crippen LogP contribution in [0.4, 0.5) is 0 Å². The van der Waals surface area contributed by atoms with E-state index < -0.39 is 5.97 Å². The highest BCUT2D eigenvalue weighted by molar-refractivity contribution is 9.11.